The standard InChI is InChI=1S/C30H34N3O5/c34-30(31(26-10-5-2-6-11-26)23-25-8-3-1-4-9-25)38-29-22-24-16-19-33(29,20-17-24)18-7-21-37-28-14-12-27(13-15-28)32(35)36/h1-6,8-15,24,29H,7,16-23H2/q+1. The number of nitro benzene ring substituents is 1. The number of amides is 1. The molecule has 0 N–H and O–H groups in total. The van der Waals surface area contributed by atoms with Gasteiger partial charge < -0.3 is 9.47 Å². The Bertz CT molecular complexity index is 1210. The van der Waals surface area contributed by atoms with Gasteiger partial charge in [-0.05, 0) is 35.7 Å². The Balaban J connectivity index is 1.24. The summed E-state index contributed by atoms with van der Waals surface area (Å²) >= 11 is 0. The number of quaternary nitrogens is 1. The molecular formula is C30H34N3O5+. The van der Waals surface area contributed by atoms with Crippen molar-refractivity contribution in [1.29, 1.82) is 0 Å². The van der Waals surface area contributed by atoms with Gasteiger partial charge in [-0.1, -0.05) is 48.5 Å². The van der Waals surface area contributed by atoms with Crippen molar-refractivity contribution in [2.45, 2.75) is 38.5 Å². The molecule has 3 aliphatic rings. The molecule has 1 unspecified atom stereocenters. The topological polar surface area (TPSA) is 81.9 Å². The molecule has 8 nitrogen and oxygen atoms in total. The molecule has 0 radical (unpaired) electrons. The van der Waals surface area contributed by atoms with Crippen molar-refractivity contribution in [3.05, 3.63) is 101 Å². The van der Waals surface area contributed by atoms with Gasteiger partial charge in [-0.2, -0.15) is 0 Å². The van der Waals surface area contributed by atoms with E-state index in [1.54, 1.807) is 17.0 Å². The molecule has 0 saturated carbocycles. The third-order valence-corrected chi connectivity index (χ3v) is 7.88. The summed E-state index contributed by atoms with van der Waals surface area (Å²) < 4.78 is 13.0. The number of anilines is 1. The first-order valence-corrected chi connectivity index (χ1v) is 13.3. The van der Waals surface area contributed by atoms with Gasteiger partial charge >= 0.3 is 6.09 Å². The monoisotopic (exact) mass is 516 g/mol. The molecule has 8 heteroatoms. The normalized spacial score (nSPS) is 22.0. The molecule has 3 fully saturated rings. The van der Waals surface area contributed by atoms with E-state index in [0.29, 0.717) is 24.8 Å². The molecule has 38 heavy (non-hydrogen) atoms. The highest BCUT2D eigenvalue weighted by Gasteiger charge is 2.49. The maximum atomic E-state index is 13.6. The van der Waals surface area contributed by atoms with E-state index in [-0.39, 0.29) is 18.0 Å². The minimum absolute atomic E-state index is 0.0494. The van der Waals surface area contributed by atoms with Gasteiger partial charge in [0.05, 0.1) is 37.7 Å². The minimum atomic E-state index is -0.417. The molecule has 3 aromatic rings. The van der Waals surface area contributed by atoms with Crippen LogP contribution < -0.4 is 9.64 Å². The summed E-state index contributed by atoms with van der Waals surface area (Å²) in [5.74, 6) is 1.22. The third kappa shape index (κ3) is 5.97. The van der Waals surface area contributed by atoms with Crippen LogP contribution >= 0.6 is 0 Å². The van der Waals surface area contributed by atoms with Gasteiger partial charge in [0.1, 0.15) is 5.75 Å². The first-order valence-electron chi connectivity index (χ1n) is 13.3. The van der Waals surface area contributed by atoms with Crippen LogP contribution in [0.3, 0.4) is 0 Å². The summed E-state index contributed by atoms with van der Waals surface area (Å²) in [5.41, 5.74) is 1.92. The first kappa shape index (κ1) is 25.7. The van der Waals surface area contributed by atoms with Gasteiger partial charge in [0.25, 0.3) is 5.69 Å². The number of hydrogen-bond donors (Lipinski definition) is 0. The predicted octanol–water partition coefficient (Wildman–Crippen LogP) is 6.16. The molecule has 0 aliphatic carbocycles. The van der Waals surface area contributed by atoms with Gasteiger partial charge in [0, 0.05) is 43.5 Å². The molecule has 6 rings (SSSR count). The largest absolute Gasteiger partial charge is 0.493 e. The molecule has 198 valence electrons. The number of para-hydroxylation sites is 1. The summed E-state index contributed by atoms with van der Waals surface area (Å²) in [5, 5.41) is 10.9. The summed E-state index contributed by atoms with van der Waals surface area (Å²) in [6.07, 6.45) is 3.53. The Morgan fingerprint density at radius 1 is 0.947 bits per heavy atom. The van der Waals surface area contributed by atoms with E-state index in [4.69, 9.17) is 9.47 Å². The van der Waals surface area contributed by atoms with Crippen LogP contribution in [-0.2, 0) is 11.3 Å². The Morgan fingerprint density at radius 3 is 2.26 bits per heavy atom. The van der Waals surface area contributed by atoms with Gasteiger partial charge in [-0.25, -0.2) is 4.79 Å². The fourth-order valence-corrected chi connectivity index (χ4v) is 5.74. The first-order chi connectivity index (χ1) is 18.5. The third-order valence-electron chi connectivity index (χ3n) is 7.88. The molecule has 0 aromatic heterocycles. The van der Waals surface area contributed by atoms with Crippen LogP contribution in [0.25, 0.3) is 0 Å². The second-order valence-corrected chi connectivity index (χ2v) is 10.3. The molecule has 1 amide bonds. The molecule has 3 aromatic carbocycles. The molecule has 3 heterocycles. The van der Waals surface area contributed by atoms with E-state index in [2.05, 4.69) is 0 Å². The molecule has 1 atom stereocenters. The van der Waals surface area contributed by atoms with Gasteiger partial charge in [-0.3, -0.25) is 19.5 Å². The number of rotatable bonds is 10. The van der Waals surface area contributed by atoms with Crippen LogP contribution in [0, 0.1) is 16.0 Å². The summed E-state index contributed by atoms with van der Waals surface area (Å²) in [6, 6.07) is 25.9. The fraction of sp³-hybridized carbons (Fsp3) is 0.367. The van der Waals surface area contributed by atoms with E-state index in [1.807, 2.05) is 60.7 Å². The average molecular weight is 517 g/mol. The zero-order valence-corrected chi connectivity index (χ0v) is 21.5. The fourth-order valence-electron chi connectivity index (χ4n) is 5.74. The van der Waals surface area contributed by atoms with E-state index in [0.717, 1.165) is 61.1 Å². The van der Waals surface area contributed by atoms with Crippen molar-refractivity contribution in [3.63, 3.8) is 0 Å². The summed E-state index contributed by atoms with van der Waals surface area (Å²) in [6.45, 7) is 3.82. The number of non-ortho nitro benzene ring substituents is 1. The Morgan fingerprint density at radius 2 is 1.61 bits per heavy atom. The highest BCUT2D eigenvalue weighted by molar-refractivity contribution is 5.87. The molecular weight excluding hydrogens is 482 g/mol. The summed E-state index contributed by atoms with van der Waals surface area (Å²) in [7, 11) is 0. The van der Waals surface area contributed by atoms with E-state index in [1.165, 1.54) is 12.1 Å². The zero-order chi connectivity index (χ0) is 26.4. The lowest BCUT2D eigenvalue weighted by molar-refractivity contribution is -0.984. The number of benzene rings is 3. The zero-order valence-electron chi connectivity index (χ0n) is 21.5. The lowest BCUT2D eigenvalue weighted by Gasteiger charge is -2.53. The van der Waals surface area contributed by atoms with Crippen LogP contribution in [0.5, 0.6) is 5.75 Å². The highest BCUT2D eigenvalue weighted by atomic mass is 16.6. The van der Waals surface area contributed by atoms with Crippen LogP contribution in [0.2, 0.25) is 0 Å². The van der Waals surface area contributed by atoms with Crippen LogP contribution in [-0.4, -0.2) is 48.0 Å². The second-order valence-electron chi connectivity index (χ2n) is 10.3. The number of hydrogen-bond acceptors (Lipinski definition) is 5. The maximum absolute atomic E-state index is 13.6. The van der Waals surface area contributed by atoms with Crippen molar-refractivity contribution in [1.82, 2.24) is 0 Å². The number of nitro groups is 1. The number of nitrogens with zero attached hydrogens (tertiary/aromatic N) is 3. The number of fused-ring (bicyclic) bond motifs is 3. The highest BCUT2D eigenvalue weighted by Crippen LogP contribution is 2.39. The Labute approximate surface area is 223 Å². The van der Waals surface area contributed by atoms with Gasteiger partial charge in [-0.15, -0.1) is 0 Å². The van der Waals surface area contributed by atoms with Gasteiger partial charge in [0.15, 0.2) is 0 Å². The van der Waals surface area contributed by atoms with Crippen LogP contribution in [0.4, 0.5) is 16.2 Å². The van der Waals surface area contributed by atoms with E-state index in [9.17, 15) is 14.9 Å². The number of carbonyl (C=O) groups excluding carboxylic acids is 1. The van der Waals surface area contributed by atoms with Crippen molar-refractivity contribution in [2.75, 3.05) is 31.1 Å². The van der Waals surface area contributed by atoms with Crippen molar-refractivity contribution >= 4 is 17.5 Å². The smallest absolute Gasteiger partial charge is 0.419 e. The van der Waals surface area contributed by atoms with E-state index >= 15 is 0 Å². The SMILES string of the molecule is O=C(OC1CC2CC[N+]1(CCCOc1ccc([N+](=O)[O-])cc1)CC2)N(Cc1ccccc1)c1ccccc1. The van der Waals surface area contributed by atoms with Crippen LogP contribution in [0.15, 0.2) is 84.9 Å². The maximum Gasteiger partial charge on any atom is 0.419 e. The Kier molecular flexibility index (Phi) is 7.89. The van der Waals surface area contributed by atoms with Crippen molar-refractivity contribution < 1.29 is 23.7 Å². The predicted molar refractivity (Wildman–Crippen MR) is 145 cm³/mol. The van der Waals surface area contributed by atoms with E-state index < -0.39 is 4.92 Å². The Hall–Kier alpha value is -3.91. The summed E-state index contributed by atoms with van der Waals surface area (Å²) in [4.78, 5) is 25.8. The molecule has 3 aliphatic heterocycles. The van der Waals surface area contributed by atoms with Gasteiger partial charge in [0.2, 0.25) is 6.23 Å². The van der Waals surface area contributed by atoms with Crippen molar-refractivity contribution in [2.24, 2.45) is 5.92 Å². The van der Waals surface area contributed by atoms with Crippen molar-refractivity contribution in [3.8, 4) is 5.75 Å². The number of piperidine rings is 3. The van der Waals surface area contributed by atoms with Crippen LogP contribution in [0.1, 0.15) is 31.2 Å². The molecule has 2 bridgehead atoms. The second kappa shape index (κ2) is 11.6. The number of ether oxygens (including phenoxy) is 2. The average Bonchev–Trinajstić information content (AvgIpc) is 2.96. The quantitative estimate of drug-likeness (QED) is 0.139. The minimum Gasteiger partial charge on any atom is -0.493 e. The molecule has 0 spiro atoms. The number of carbonyl (C=O) groups is 1. The lowest BCUT2D eigenvalue weighted by Crippen LogP contribution is -2.66. The lowest BCUT2D eigenvalue weighted by atomic mass is 9.84. The molecule has 3 saturated heterocycles.